The van der Waals surface area contributed by atoms with Crippen molar-refractivity contribution in [2.75, 3.05) is 5.75 Å². The second-order valence-corrected chi connectivity index (χ2v) is 8.14. The van der Waals surface area contributed by atoms with Gasteiger partial charge in [-0.25, -0.2) is 13.2 Å². The number of carbonyl (C=O) groups is 1. The van der Waals surface area contributed by atoms with Crippen LogP contribution < -0.4 is 0 Å². The van der Waals surface area contributed by atoms with Crippen molar-refractivity contribution in [2.24, 2.45) is 0 Å². The van der Waals surface area contributed by atoms with Gasteiger partial charge < -0.3 is 9.29 Å². The zero-order valence-corrected chi connectivity index (χ0v) is 16.0. The highest BCUT2D eigenvalue weighted by Crippen LogP contribution is 2.47. The molecular formula is C11H5BrF6IO5S-. The first-order valence-electron chi connectivity index (χ1n) is 5.75. The van der Waals surface area contributed by atoms with Crippen molar-refractivity contribution in [1.82, 2.24) is 0 Å². The van der Waals surface area contributed by atoms with Gasteiger partial charge in [-0.3, -0.25) is 0 Å². The molecule has 0 atom stereocenters. The monoisotopic (exact) mass is 569 g/mol. The maximum Gasteiger partial charge on any atom is 0.438 e. The number of hydrogen-bond donors (Lipinski definition) is 0. The summed E-state index contributed by atoms with van der Waals surface area (Å²) in [5, 5.41) is 0. The van der Waals surface area contributed by atoms with Gasteiger partial charge in [0.25, 0.3) is 0 Å². The molecule has 0 heterocycles. The standard InChI is InChI=1S/C11H6BrF6IO5S/c12-6-1-5(2-7(19)3-6)8(20)24-9(10(13,14)15,11(16,17)18)4-25(21,22)23/h1-3H,4H2,(H,21,22,23)/p-1. The largest absolute Gasteiger partial charge is 0.748 e. The first kappa shape index (κ1) is 22.4. The van der Waals surface area contributed by atoms with E-state index in [1.165, 1.54) is 6.07 Å². The summed E-state index contributed by atoms with van der Waals surface area (Å²) in [5.74, 6) is -5.14. The predicted molar refractivity (Wildman–Crippen MR) is 81.7 cm³/mol. The number of hydrogen-bond acceptors (Lipinski definition) is 5. The van der Waals surface area contributed by atoms with Gasteiger partial charge in [0.1, 0.15) is 0 Å². The minimum atomic E-state index is -6.41. The molecule has 0 saturated carbocycles. The molecule has 0 unspecified atom stereocenters. The van der Waals surface area contributed by atoms with Crippen LogP contribution in [-0.4, -0.2) is 42.6 Å². The molecule has 0 spiro atoms. The highest BCUT2D eigenvalue weighted by atomic mass is 127. The Morgan fingerprint density at radius 2 is 1.60 bits per heavy atom. The van der Waals surface area contributed by atoms with Crippen LogP contribution in [0.1, 0.15) is 10.4 Å². The predicted octanol–water partition coefficient (Wildman–Crippen LogP) is 3.62. The summed E-state index contributed by atoms with van der Waals surface area (Å²) < 4.78 is 114. The van der Waals surface area contributed by atoms with Gasteiger partial charge in [0.2, 0.25) is 0 Å². The highest BCUT2D eigenvalue weighted by Gasteiger charge is 2.75. The average Bonchev–Trinajstić information content (AvgIpc) is 2.32. The molecule has 0 N–H and O–H groups in total. The fourth-order valence-electron chi connectivity index (χ4n) is 1.61. The lowest BCUT2D eigenvalue weighted by Gasteiger charge is -2.36. The van der Waals surface area contributed by atoms with Gasteiger partial charge >= 0.3 is 23.9 Å². The number of esters is 1. The maximum absolute atomic E-state index is 13.0. The molecule has 1 aromatic rings. The molecule has 14 heteroatoms. The van der Waals surface area contributed by atoms with E-state index in [0.29, 0.717) is 0 Å². The minimum absolute atomic E-state index is 0.146. The number of ether oxygens (including phenoxy) is 1. The van der Waals surface area contributed by atoms with Crippen LogP contribution in [0.4, 0.5) is 26.3 Å². The third kappa shape index (κ3) is 5.43. The molecule has 5 nitrogen and oxygen atoms in total. The van der Waals surface area contributed by atoms with E-state index in [9.17, 15) is 44.1 Å². The molecule has 142 valence electrons. The smallest absolute Gasteiger partial charge is 0.438 e. The Labute approximate surface area is 158 Å². The van der Waals surface area contributed by atoms with Crippen molar-refractivity contribution >= 4 is 54.6 Å². The fraction of sp³-hybridized carbons (Fsp3) is 0.364. The fourth-order valence-corrected chi connectivity index (χ4v) is 4.08. The minimum Gasteiger partial charge on any atom is -0.748 e. The Kier molecular flexibility index (Phi) is 6.45. The first-order valence-corrected chi connectivity index (χ1v) is 9.20. The van der Waals surface area contributed by atoms with Crippen molar-refractivity contribution in [3.8, 4) is 0 Å². The lowest BCUT2D eigenvalue weighted by molar-refractivity contribution is -0.356. The van der Waals surface area contributed by atoms with E-state index in [1.807, 2.05) is 0 Å². The van der Waals surface area contributed by atoms with E-state index in [2.05, 4.69) is 20.7 Å². The number of benzene rings is 1. The van der Waals surface area contributed by atoms with Crippen LogP contribution in [0, 0.1) is 3.57 Å². The van der Waals surface area contributed by atoms with Crippen LogP contribution in [0.15, 0.2) is 22.7 Å². The Balaban J connectivity index is 3.49. The van der Waals surface area contributed by atoms with Crippen molar-refractivity contribution in [3.63, 3.8) is 0 Å². The third-order valence-corrected chi connectivity index (χ3v) is 4.50. The van der Waals surface area contributed by atoms with E-state index in [1.54, 1.807) is 22.6 Å². The van der Waals surface area contributed by atoms with E-state index in [4.69, 9.17) is 0 Å². The molecule has 0 bridgehead atoms. The normalized spacial score (nSPS) is 13.6. The highest BCUT2D eigenvalue weighted by molar-refractivity contribution is 14.1. The molecule has 0 aliphatic carbocycles. The number of carbonyl (C=O) groups excluding carboxylic acids is 1. The van der Waals surface area contributed by atoms with Crippen LogP contribution in [0.5, 0.6) is 0 Å². The van der Waals surface area contributed by atoms with E-state index >= 15 is 0 Å². The lowest BCUT2D eigenvalue weighted by atomic mass is 10.1. The van der Waals surface area contributed by atoms with Crippen molar-refractivity contribution in [3.05, 3.63) is 31.8 Å². The average molecular weight is 570 g/mol. The van der Waals surface area contributed by atoms with Gasteiger partial charge in [-0.15, -0.1) is 0 Å². The summed E-state index contributed by atoms with van der Waals surface area (Å²) in [4.78, 5) is 11.8. The number of halogens is 8. The molecule has 0 fully saturated rings. The van der Waals surface area contributed by atoms with Gasteiger partial charge in [-0.05, 0) is 40.8 Å². The van der Waals surface area contributed by atoms with E-state index < -0.39 is 45.4 Å². The molecular weight excluding hydrogens is 565 g/mol. The topological polar surface area (TPSA) is 83.5 Å². The molecule has 0 aliphatic rings. The van der Waals surface area contributed by atoms with Crippen molar-refractivity contribution < 1.29 is 48.8 Å². The van der Waals surface area contributed by atoms with Gasteiger partial charge in [-0.1, -0.05) is 15.9 Å². The molecule has 0 aliphatic heterocycles. The van der Waals surface area contributed by atoms with Crippen molar-refractivity contribution in [1.29, 1.82) is 0 Å². The maximum atomic E-state index is 13.0. The van der Waals surface area contributed by atoms with Gasteiger partial charge in [-0.2, -0.15) is 26.3 Å². The molecule has 0 amide bonds. The van der Waals surface area contributed by atoms with Crippen molar-refractivity contribution in [2.45, 2.75) is 18.0 Å². The molecule has 1 rings (SSSR count). The van der Waals surface area contributed by atoms with E-state index in [-0.39, 0.29) is 8.04 Å². The van der Waals surface area contributed by atoms with Crippen LogP contribution in [0.3, 0.4) is 0 Å². The Bertz CT molecular complexity index is 742. The molecule has 0 saturated heterocycles. The van der Waals surface area contributed by atoms with Gasteiger partial charge in [0, 0.05) is 8.04 Å². The Hall–Kier alpha value is -0.610. The summed E-state index contributed by atoms with van der Waals surface area (Å²) in [7, 11) is -6.07. The molecule has 1 aromatic carbocycles. The summed E-state index contributed by atoms with van der Waals surface area (Å²) in [6, 6.07) is 3.17. The van der Waals surface area contributed by atoms with Crippen LogP contribution in [-0.2, 0) is 14.9 Å². The second kappa shape index (κ2) is 7.19. The number of rotatable bonds is 4. The van der Waals surface area contributed by atoms with Crippen LogP contribution >= 0.6 is 38.5 Å². The van der Waals surface area contributed by atoms with Crippen LogP contribution in [0.25, 0.3) is 0 Å². The van der Waals surface area contributed by atoms with Crippen LogP contribution in [0.2, 0.25) is 0 Å². The molecule has 0 radical (unpaired) electrons. The van der Waals surface area contributed by atoms with E-state index in [0.717, 1.165) is 12.1 Å². The zero-order chi connectivity index (χ0) is 19.8. The van der Waals surface area contributed by atoms with Gasteiger partial charge in [0.05, 0.1) is 21.4 Å². The second-order valence-electron chi connectivity index (χ2n) is 4.57. The van der Waals surface area contributed by atoms with Gasteiger partial charge in [0.15, 0.2) is 0 Å². The SMILES string of the molecule is O=C(OC(CS(=O)(=O)[O-])(C(F)(F)F)C(F)(F)F)c1cc(Br)cc(I)c1. The summed E-state index contributed by atoms with van der Waals surface area (Å²) in [6.45, 7) is 0. The Morgan fingerprint density at radius 3 is 1.96 bits per heavy atom. The quantitative estimate of drug-likeness (QED) is 0.239. The summed E-state index contributed by atoms with van der Waals surface area (Å²) in [6.07, 6.45) is -12.8. The summed E-state index contributed by atoms with van der Waals surface area (Å²) in [5.41, 5.74) is -6.20. The molecule has 0 aromatic heterocycles. The molecule has 25 heavy (non-hydrogen) atoms. The lowest BCUT2D eigenvalue weighted by Crippen LogP contribution is -2.63. The number of alkyl halides is 6. The third-order valence-electron chi connectivity index (χ3n) is 2.66. The first-order chi connectivity index (χ1) is 11.0. The Morgan fingerprint density at radius 1 is 1.12 bits per heavy atom. The summed E-state index contributed by atoms with van der Waals surface area (Å²) >= 11 is 4.51. The zero-order valence-electron chi connectivity index (χ0n) is 11.4.